The Morgan fingerprint density at radius 3 is 2.69 bits per heavy atom. The Balaban J connectivity index is 1.43. The van der Waals surface area contributed by atoms with Crippen LogP contribution in [0.2, 0.25) is 0 Å². The first-order chi connectivity index (χ1) is 12.8. The van der Waals surface area contributed by atoms with Crippen molar-refractivity contribution in [2.45, 2.75) is 6.54 Å². The van der Waals surface area contributed by atoms with Gasteiger partial charge in [-0.3, -0.25) is 4.79 Å². The van der Waals surface area contributed by atoms with E-state index in [1.54, 1.807) is 36.8 Å². The Bertz CT molecular complexity index is 1010. The molecule has 0 spiro atoms. The van der Waals surface area contributed by atoms with Crippen molar-refractivity contribution in [2.75, 3.05) is 5.32 Å². The van der Waals surface area contributed by atoms with Crippen molar-refractivity contribution in [2.24, 2.45) is 0 Å². The van der Waals surface area contributed by atoms with Gasteiger partial charge in [0, 0.05) is 24.2 Å². The summed E-state index contributed by atoms with van der Waals surface area (Å²) in [6.07, 6.45) is 4.81. The molecule has 128 valence electrons. The number of amides is 1. The van der Waals surface area contributed by atoms with E-state index in [4.69, 9.17) is 0 Å². The summed E-state index contributed by atoms with van der Waals surface area (Å²) in [6, 6.07) is 12.7. The summed E-state index contributed by atoms with van der Waals surface area (Å²) < 4.78 is 0. The number of hydrogen-bond donors (Lipinski definition) is 3. The van der Waals surface area contributed by atoms with E-state index < -0.39 is 0 Å². The molecule has 3 aromatic heterocycles. The second-order valence-electron chi connectivity index (χ2n) is 5.51. The predicted octanol–water partition coefficient (Wildman–Crippen LogP) is 2.42. The molecule has 4 aromatic rings. The molecule has 0 bridgehead atoms. The van der Waals surface area contributed by atoms with Gasteiger partial charge in [-0.15, -0.1) is 0 Å². The van der Waals surface area contributed by atoms with Crippen LogP contribution in [0.4, 0.5) is 11.8 Å². The van der Waals surface area contributed by atoms with E-state index in [0.29, 0.717) is 29.7 Å². The lowest BCUT2D eigenvalue weighted by atomic mass is 10.2. The number of pyridine rings is 1. The van der Waals surface area contributed by atoms with Gasteiger partial charge in [0.25, 0.3) is 5.91 Å². The Morgan fingerprint density at radius 2 is 1.85 bits per heavy atom. The van der Waals surface area contributed by atoms with E-state index in [1.165, 1.54) is 0 Å². The first-order valence-electron chi connectivity index (χ1n) is 8.00. The van der Waals surface area contributed by atoms with Gasteiger partial charge in [0.1, 0.15) is 11.6 Å². The SMILES string of the molecule is O=C(NCc1nc2ccccc2[nH]1)c1ccnc(Nc2ncccn2)c1. The maximum absolute atomic E-state index is 12.4. The van der Waals surface area contributed by atoms with Crippen LogP contribution < -0.4 is 10.6 Å². The Kier molecular flexibility index (Phi) is 4.21. The molecule has 0 saturated carbocycles. The van der Waals surface area contributed by atoms with E-state index >= 15 is 0 Å². The van der Waals surface area contributed by atoms with Crippen molar-refractivity contribution in [1.82, 2.24) is 30.2 Å². The quantitative estimate of drug-likeness (QED) is 0.513. The Morgan fingerprint density at radius 1 is 1.00 bits per heavy atom. The minimum atomic E-state index is -0.218. The molecule has 1 amide bonds. The summed E-state index contributed by atoms with van der Waals surface area (Å²) in [5, 5.41) is 5.81. The molecule has 3 heterocycles. The van der Waals surface area contributed by atoms with Gasteiger partial charge < -0.3 is 15.6 Å². The highest BCUT2D eigenvalue weighted by Gasteiger charge is 2.09. The number of aromatic nitrogens is 5. The second kappa shape index (κ2) is 6.98. The number of benzene rings is 1. The maximum atomic E-state index is 12.4. The monoisotopic (exact) mass is 345 g/mol. The van der Waals surface area contributed by atoms with Gasteiger partial charge in [0.05, 0.1) is 17.6 Å². The topological polar surface area (TPSA) is 108 Å². The van der Waals surface area contributed by atoms with Crippen molar-refractivity contribution in [3.63, 3.8) is 0 Å². The Labute approximate surface area is 148 Å². The zero-order valence-electron chi connectivity index (χ0n) is 13.7. The third-order valence-electron chi connectivity index (χ3n) is 3.68. The fourth-order valence-corrected chi connectivity index (χ4v) is 2.47. The highest BCUT2D eigenvalue weighted by atomic mass is 16.1. The van der Waals surface area contributed by atoms with Crippen molar-refractivity contribution >= 4 is 28.7 Å². The first kappa shape index (κ1) is 15.7. The maximum Gasteiger partial charge on any atom is 0.251 e. The zero-order chi connectivity index (χ0) is 17.8. The lowest BCUT2D eigenvalue weighted by Gasteiger charge is -2.06. The minimum Gasteiger partial charge on any atom is -0.345 e. The molecule has 0 aliphatic rings. The summed E-state index contributed by atoms with van der Waals surface area (Å²) >= 11 is 0. The van der Waals surface area contributed by atoms with Crippen molar-refractivity contribution in [1.29, 1.82) is 0 Å². The molecular formula is C18H15N7O. The fourth-order valence-electron chi connectivity index (χ4n) is 2.47. The van der Waals surface area contributed by atoms with Crippen molar-refractivity contribution in [3.05, 3.63) is 72.4 Å². The van der Waals surface area contributed by atoms with Crippen LogP contribution in [-0.4, -0.2) is 30.8 Å². The lowest BCUT2D eigenvalue weighted by Crippen LogP contribution is -2.23. The standard InChI is InChI=1S/C18H15N7O/c26-17(22-11-16-23-13-4-1-2-5-14(13)24-16)12-6-9-19-15(10-12)25-18-20-7-3-8-21-18/h1-10H,11H2,(H,22,26)(H,23,24)(H,19,20,21,25). The molecule has 1 aromatic carbocycles. The van der Waals surface area contributed by atoms with Gasteiger partial charge in [-0.05, 0) is 30.3 Å². The predicted molar refractivity (Wildman–Crippen MR) is 96.8 cm³/mol. The van der Waals surface area contributed by atoms with Gasteiger partial charge in [-0.2, -0.15) is 0 Å². The number of imidazole rings is 1. The number of aromatic amines is 1. The average Bonchev–Trinajstić information content (AvgIpc) is 3.10. The number of nitrogens with zero attached hydrogens (tertiary/aromatic N) is 4. The van der Waals surface area contributed by atoms with E-state index in [1.807, 2.05) is 24.3 Å². The molecule has 0 atom stereocenters. The molecule has 0 saturated heterocycles. The van der Waals surface area contributed by atoms with E-state index in [9.17, 15) is 4.79 Å². The van der Waals surface area contributed by atoms with Gasteiger partial charge in [0.15, 0.2) is 0 Å². The number of H-pyrrole nitrogens is 1. The van der Waals surface area contributed by atoms with Crippen LogP contribution in [0.5, 0.6) is 0 Å². The molecule has 8 heteroatoms. The number of rotatable bonds is 5. The van der Waals surface area contributed by atoms with Crippen LogP contribution in [0.1, 0.15) is 16.2 Å². The largest absolute Gasteiger partial charge is 0.345 e. The van der Waals surface area contributed by atoms with Crippen LogP contribution in [-0.2, 0) is 6.54 Å². The number of nitrogens with one attached hydrogen (secondary N) is 3. The van der Waals surface area contributed by atoms with E-state index in [0.717, 1.165) is 11.0 Å². The lowest BCUT2D eigenvalue weighted by molar-refractivity contribution is 0.0950. The third-order valence-corrected chi connectivity index (χ3v) is 3.68. The minimum absolute atomic E-state index is 0.218. The molecule has 26 heavy (non-hydrogen) atoms. The number of hydrogen-bond acceptors (Lipinski definition) is 6. The van der Waals surface area contributed by atoms with Crippen LogP contribution in [0, 0.1) is 0 Å². The molecule has 0 unspecified atom stereocenters. The normalized spacial score (nSPS) is 10.6. The van der Waals surface area contributed by atoms with Crippen LogP contribution in [0.15, 0.2) is 61.1 Å². The summed E-state index contributed by atoms with van der Waals surface area (Å²) in [6.45, 7) is 0.306. The fraction of sp³-hybridized carbons (Fsp3) is 0.0556. The molecule has 8 nitrogen and oxygen atoms in total. The smallest absolute Gasteiger partial charge is 0.251 e. The molecule has 4 rings (SSSR count). The Hall–Kier alpha value is -3.81. The summed E-state index contributed by atoms with van der Waals surface area (Å²) in [5.74, 6) is 1.39. The van der Waals surface area contributed by atoms with Crippen LogP contribution in [0.3, 0.4) is 0 Å². The van der Waals surface area contributed by atoms with Crippen molar-refractivity contribution < 1.29 is 4.79 Å². The second-order valence-corrected chi connectivity index (χ2v) is 5.51. The molecule has 0 fully saturated rings. The number of fused-ring (bicyclic) bond motifs is 1. The van der Waals surface area contributed by atoms with E-state index in [2.05, 4.69) is 35.6 Å². The third kappa shape index (κ3) is 3.48. The number of carbonyl (C=O) groups is 1. The molecule has 0 radical (unpaired) electrons. The zero-order valence-corrected chi connectivity index (χ0v) is 13.7. The van der Waals surface area contributed by atoms with Gasteiger partial charge in [-0.25, -0.2) is 19.9 Å². The first-order valence-corrected chi connectivity index (χ1v) is 8.00. The molecule has 0 aliphatic carbocycles. The van der Waals surface area contributed by atoms with Crippen molar-refractivity contribution in [3.8, 4) is 0 Å². The van der Waals surface area contributed by atoms with Gasteiger partial charge in [-0.1, -0.05) is 12.1 Å². The number of para-hydroxylation sites is 2. The van der Waals surface area contributed by atoms with Gasteiger partial charge >= 0.3 is 0 Å². The van der Waals surface area contributed by atoms with E-state index in [-0.39, 0.29) is 5.91 Å². The molecular weight excluding hydrogens is 330 g/mol. The number of carbonyl (C=O) groups excluding carboxylic acids is 1. The molecule has 0 aliphatic heterocycles. The average molecular weight is 345 g/mol. The number of anilines is 2. The summed E-state index contributed by atoms with van der Waals surface area (Å²) in [5.41, 5.74) is 2.29. The molecule has 3 N–H and O–H groups in total. The van der Waals surface area contributed by atoms with Gasteiger partial charge in [0.2, 0.25) is 5.95 Å². The highest BCUT2D eigenvalue weighted by Crippen LogP contribution is 2.12. The highest BCUT2D eigenvalue weighted by molar-refractivity contribution is 5.94. The van der Waals surface area contributed by atoms with Crippen LogP contribution >= 0.6 is 0 Å². The summed E-state index contributed by atoms with van der Waals surface area (Å²) in [4.78, 5) is 32.3. The van der Waals surface area contributed by atoms with Crippen LogP contribution in [0.25, 0.3) is 11.0 Å². The summed E-state index contributed by atoms with van der Waals surface area (Å²) in [7, 11) is 0.